The summed E-state index contributed by atoms with van der Waals surface area (Å²) in [5, 5.41) is 5.84. The Bertz CT molecular complexity index is 745. The van der Waals surface area contributed by atoms with Crippen LogP contribution in [0.2, 0.25) is 0 Å². The fourth-order valence-electron chi connectivity index (χ4n) is 3.53. The number of carbonyl (C=O) groups excluding carboxylic acids is 1. The van der Waals surface area contributed by atoms with Crippen molar-refractivity contribution < 1.29 is 9.53 Å². The molecule has 3 rings (SSSR count). The highest BCUT2D eigenvalue weighted by Gasteiger charge is 2.18. The summed E-state index contributed by atoms with van der Waals surface area (Å²) in [4.78, 5) is 16.7. The van der Waals surface area contributed by atoms with E-state index in [1.807, 2.05) is 30.3 Å². The first-order valence-corrected chi connectivity index (χ1v) is 10.4. The SMILES string of the molecule is CC(c1ccc(NC(=O)NCCCN(C)c2ccccc2)cc1)N1CCOCC1. The van der Waals surface area contributed by atoms with Crippen LogP contribution in [0.3, 0.4) is 0 Å². The fraction of sp³-hybridized carbons (Fsp3) is 0.435. The zero-order valence-electron chi connectivity index (χ0n) is 17.4. The summed E-state index contributed by atoms with van der Waals surface area (Å²) in [6, 6.07) is 18.5. The van der Waals surface area contributed by atoms with Gasteiger partial charge in [0.15, 0.2) is 0 Å². The molecule has 1 atom stereocenters. The lowest BCUT2D eigenvalue weighted by Gasteiger charge is -2.32. The Morgan fingerprint density at radius 3 is 2.48 bits per heavy atom. The molecule has 1 fully saturated rings. The van der Waals surface area contributed by atoms with E-state index in [4.69, 9.17) is 4.74 Å². The standard InChI is InChI=1S/C23H32N4O2/c1-19(27-15-17-29-18-16-27)20-9-11-21(12-10-20)25-23(28)24-13-6-14-26(2)22-7-4-3-5-8-22/h3-5,7-12,19H,6,13-18H2,1-2H3,(H2,24,25,28). The number of nitrogens with zero attached hydrogens (tertiary/aromatic N) is 2. The number of hydrogen-bond acceptors (Lipinski definition) is 4. The molecule has 1 unspecified atom stereocenters. The van der Waals surface area contributed by atoms with Gasteiger partial charge in [-0.05, 0) is 43.2 Å². The largest absolute Gasteiger partial charge is 0.379 e. The van der Waals surface area contributed by atoms with Crippen molar-refractivity contribution >= 4 is 17.4 Å². The van der Waals surface area contributed by atoms with Gasteiger partial charge in [-0.2, -0.15) is 0 Å². The predicted octanol–water partition coefficient (Wildman–Crippen LogP) is 3.73. The third kappa shape index (κ3) is 6.48. The number of amides is 2. The normalized spacial score (nSPS) is 15.5. The van der Waals surface area contributed by atoms with Crippen molar-refractivity contribution in [2.24, 2.45) is 0 Å². The second-order valence-electron chi connectivity index (χ2n) is 7.44. The van der Waals surface area contributed by atoms with Crippen LogP contribution in [0.15, 0.2) is 54.6 Å². The lowest BCUT2D eigenvalue weighted by atomic mass is 10.1. The van der Waals surface area contributed by atoms with E-state index in [2.05, 4.69) is 58.7 Å². The summed E-state index contributed by atoms with van der Waals surface area (Å²) in [6.07, 6.45) is 0.884. The zero-order chi connectivity index (χ0) is 20.5. The number of ether oxygens (including phenoxy) is 1. The molecule has 1 heterocycles. The Kier molecular flexibility index (Phi) is 7.90. The summed E-state index contributed by atoms with van der Waals surface area (Å²) in [5.41, 5.74) is 3.24. The van der Waals surface area contributed by atoms with Crippen LogP contribution in [0.4, 0.5) is 16.2 Å². The second-order valence-corrected chi connectivity index (χ2v) is 7.44. The number of urea groups is 1. The monoisotopic (exact) mass is 396 g/mol. The molecule has 2 aromatic rings. The van der Waals surface area contributed by atoms with Crippen molar-refractivity contribution in [2.45, 2.75) is 19.4 Å². The summed E-state index contributed by atoms with van der Waals surface area (Å²) < 4.78 is 5.43. The van der Waals surface area contributed by atoms with Crippen molar-refractivity contribution in [3.8, 4) is 0 Å². The van der Waals surface area contributed by atoms with E-state index >= 15 is 0 Å². The van der Waals surface area contributed by atoms with Gasteiger partial charge >= 0.3 is 6.03 Å². The topological polar surface area (TPSA) is 56.8 Å². The van der Waals surface area contributed by atoms with Gasteiger partial charge in [0, 0.05) is 50.6 Å². The van der Waals surface area contributed by atoms with Gasteiger partial charge in [-0.1, -0.05) is 30.3 Å². The van der Waals surface area contributed by atoms with Gasteiger partial charge in [0.25, 0.3) is 0 Å². The molecule has 156 valence electrons. The van der Waals surface area contributed by atoms with Crippen LogP contribution in [0.25, 0.3) is 0 Å². The molecular weight excluding hydrogens is 364 g/mol. The van der Waals surface area contributed by atoms with Crippen molar-refractivity contribution in [3.05, 3.63) is 60.2 Å². The van der Waals surface area contributed by atoms with Crippen LogP contribution in [-0.2, 0) is 4.74 Å². The first-order chi connectivity index (χ1) is 14.1. The van der Waals surface area contributed by atoms with E-state index in [0.29, 0.717) is 12.6 Å². The van der Waals surface area contributed by atoms with Gasteiger partial charge in [0.2, 0.25) is 0 Å². The number of nitrogens with one attached hydrogen (secondary N) is 2. The van der Waals surface area contributed by atoms with E-state index in [-0.39, 0.29) is 6.03 Å². The number of hydrogen-bond donors (Lipinski definition) is 2. The molecule has 2 aromatic carbocycles. The van der Waals surface area contributed by atoms with Gasteiger partial charge in [-0.3, -0.25) is 4.90 Å². The Balaban J connectivity index is 1.38. The molecule has 6 heteroatoms. The number of para-hydroxylation sites is 1. The summed E-state index contributed by atoms with van der Waals surface area (Å²) >= 11 is 0. The third-order valence-corrected chi connectivity index (χ3v) is 5.40. The summed E-state index contributed by atoms with van der Waals surface area (Å²) in [7, 11) is 2.06. The quantitative estimate of drug-likeness (QED) is 0.668. The van der Waals surface area contributed by atoms with Crippen molar-refractivity contribution in [2.75, 3.05) is 56.7 Å². The molecule has 0 radical (unpaired) electrons. The molecule has 1 saturated heterocycles. The molecule has 29 heavy (non-hydrogen) atoms. The highest BCUT2D eigenvalue weighted by molar-refractivity contribution is 5.89. The maximum absolute atomic E-state index is 12.1. The summed E-state index contributed by atoms with van der Waals surface area (Å²) in [5.74, 6) is 0. The number of rotatable bonds is 8. The zero-order valence-corrected chi connectivity index (χ0v) is 17.4. The molecule has 0 aromatic heterocycles. The van der Waals surface area contributed by atoms with Gasteiger partial charge < -0.3 is 20.3 Å². The van der Waals surface area contributed by atoms with E-state index in [0.717, 1.165) is 45.0 Å². The van der Waals surface area contributed by atoms with Crippen LogP contribution in [0.1, 0.15) is 24.9 Å². The molecule has 1 aliphatic rings. The smallest absolute Gasteiger partial charge is 0.319 e. The number of anilines is 2. The molecule has 0 spiro atoms. The number of benzene rings is 2. The Morgan fingerprint density at radius 1 is 1.10 bits per heavy atom. The lowest BCUT2D eigenvalue weighted by molar-refractivity contribution is 0.0198. The van der Waals surface area contributed by atoms with Gasteiger partial charge in [-0.25, -0.2) is 4.79 Å². The van der Waals surface area contributed by atoms with E-state index in [1.165, 1.54) is 11.3 Å². The fourth-order valence-corrected chi connectivity index (χ4v) is 3.53. The van der Waals surface area contributed by atoms with Crippen LogP contribution >= 0.6 is 0 Å². The number of carbonyl (C=O) groups is 1. The van der Waals surface area contributed by atoms with E-state index < -0.39 is 0 Å². The molecule has 0 aliphatic carbocycles. The maximum Gasteiger partial charge on any atom is 0.319 e. The molecule has 2 amide bonds. The summed E-state index contributed by atoms with van der Waals surface area (Å²) in [6.45, 7) is 7.25. The Morgan fingerprint density at radius 2 is 1.79 bits per heavy atom. The van der Waals surface area contributed by atoms with Gasteiger partial charge in [0.1, 0.15) is 0 Å². The molecule has 2 N–H and O–H groups in total. The third-order valence-electron chi connectivity index (χ3n) is 5.40. The Hall–Kier alpha value is -2.57. The van der Waals surface area contributed by atoms with Crippen molar-refractivity contribution in [1.82, 2.24) is 10.2 Å². The van der Waals surface area contributed by atoms with Crippen LogP contribution in [0, 0.1) is 0 Å². The van der Waals surface area contributed by atoms with Crippen molar-refractivity contribution in [3.63, 3.8) is 0 Å². The average Bonchev–Trinajstić information content (AvgIpc) is 2.78. The first kappa shape index (κ1) is 21.1. The molecule has 0 saturated carbocycles. The highest BCUT2D eigenvalue weighted by Crippen LogP contribution is 2.22. The highest BCUT2D eigenvalue weighted by atomic mass is 16.5. The first-order valence-electron chi connectivity index (χ1n) is 10.4. The van der Waals surface area contributed by atoms with Gasteiger partial charge in [0.05, 0.1) is 13.2 Å². The molecule has 6 nitrogen and oxygen atoms in total. The molecular formula is C23H32N4O2. The van der Waals surface area contributed by atoms with Crippen LogP contribution in [-0.4, -0.2) is 57.4 Å². The molecule has 1 aliphatic heterocycles. The van der Waals surface area contributed by atoms with Crippen LogP contribution in [0.5, 0.6) is 0 Å². The molecule has 0 bridgehead atoms. The minimum Gasteiger partial charge on any atom is -0.379 e. The van der Waals surface area contributed by atoms with Crippen molar-refractivity contribution in [1.29, 1.82) is 0 Å². The maximum atomic E-state index is 12.1. The Labute approximate surface area is 173 Å². The van der Waals surface area contributed by atoms with Crippen LogP contribution < -0.4 is 15.5 Å². The van der Waals surface area contributed by atoms with E-state index in [9.17, 15) is 4.79 Å². The number of morpholine rings is 1. The minimum absolute atomic E-state index is 0.165. The van der Waals surface area contributed by atoms with E-state index in [1.54, 1.807) is 0 Å². The predicted molar refractivity (Wildman–Crippen MR) is 119 cm³/mol. The average molecular weight is 397 g/mol. The van der Waals surface area contributed by atoms with Gasteiger partial charge in [-0.15, -0.1) is 0 Å². The lowest BCUT2D eigenvalue weighted by Crippen LogP contribution is -2.38. The second kappa shape index (κ2) is 10.8. The minimum atomic E-state index is -0.165.